The summed E-state index contributed by atoms with van der Waals surface area (Å²) in [5.74, 6) is -0.520. The Morgan fingerprint density at radius 2 is 1.68 bits per heavy atom. The van der Waals surface area contributed by atoms with E-state index in [1.54, 1.807) is 30.2 Å². The molecule has 0 aromatic heterocycles. The highest BCUT2D eigenvalue weighted by Crippen LogP contribution is 2.44. The van der Waals surface area contributed by atoms with Crippen molar-refractivity contribution in [3.05, 3.63) is 101 Å². The van der Waals surface area contributed by atoms with Crippen LogP contribution in [0.4, 0.5) is 4.39 Å². The summed E-state index contributed by atoms with van der Waals surface area (Å²) < 4.78 is 19.0. The molecule has 2 atom stereocenters. The molecule has 0 saturated heterocycles. The Labute approximate surface area is 224 Å². The maximum absolute atomic E-state index is 13.9. The van der Waals surface area contributed by atoms with Gasteiger partial charge in [-0.25, -0.2) is 4.39 Å². The largest absolute Gasteiger partial charge is 0.497 e. The van der Waals surface area contributed by atoms with E-state index in [9.17, 15) is 14.0 Å². The number of nitrogens with one attached hydrogen (secondary N) is 1. The SMILES string of the molecule is CCN(CC)CCCNC(=O)[C@H]1c2ccccc2C(=O)N(Cc2ccc(F)cc2)[C@@H]1c1ccc(OC)cc1. The number of carbonyl (C=O) groups is 2. The zero-order chi connectivity index (χ0) is 27.1. The number of nitrogens with zero attached hydrogens (tertiary/aromatic N) is 2. The van der Waals surface area contributed by atoms with Crippen LogP contribution in [-0.2, 0) is 11.3 Å². The van der Waals surface area contributed by atoms with Gasteiger partial charge in [0.25, 0.3) is 5.91 Å². The Morgan fingerprint density at radius 1 is 1.00 bits per heavy atom. The number of amides is 2. The van der Waals surface area contributed by atoms with Crippen LogP contribution in [0, 0.1) is 5.82 Å². The minimum absolute atomic E-state index is 0.116. The van der Waals surface area contributed by atoms with E-state index >= 15 is 0 Å². The molecule has 0 spiro atoms. The molecule has 1 aliphatic rings. The smallest absolute Gasteiger partial charge is 0.255 e. The van der Waals surface area contributed by atoms with Crippen molar-refractivity contribution >= 4 is 11.8 Å². The highest BCUT2D eigenvalue weighted by Gasteiger charge is 2.44. The van der Waals surface area contributed by atoms with Gasteiger partial charge >= 0.3 is 0 Å². The fourth-order valence-electron chi connectivity index (χ4n) is 5.17. The standard InChI is InChI=1S/C31H36FN3O3/c1-4-34(5-2)20-8-19-33-30(36)28-26-9-6-7-10-27(26)31(37)35(21-22-11-15-24(32)16-12-22)29(28)23-13-17-25(38-3)18-14-23/h6-7,9-18,28-29H,4-5,8,19-21H2,1-3H3,(H,33,36)/t28-,29+/m0/s1. The molecule has 2 amide bonds. The first-order chi connectivity index (χ1) is 18.5. The van der Waals surface area contributed by atoms with E-state index in [0.29, 0.717) is 17.9 Å². The van der Waals surface area contributed by atoms with E-state index in [1.807, 2.05) is 42.5 Å². The normalized spacial score (nSPS) is 16.9. The van der Waals surface area contributed by atoms with Crippen LogP contribution < -0.4 is 10.1 Å². The highest BCUT2D eigenvalue weighted by molar-refractivity contribution is 6.01. The number of benzene rings is 3. The van der Waals surface area contributed by atoms with E-state index in [4.69, 9.17) is 4.74 Å². The lowest BCUT2D eigenvalue weighted by atomic mass is 9.79. The van der Waals surface area contributed by atoms with Crippen molar-refractivity contribution in [3.63, 3.8) is 0 Å². The fraction of sp³-hybridized carbons (Fsp3) is 0.355. The summed E-state index contributed by atoms with van der Waals surface area (Å²) in [4.78, 5) is 31.8. The van der Waals surface area contributed by atoms with Gasteiger partial charge in [0.1, 0.15) is 11.6 Å². The summed E-state index contributed by atoms with van der Waals surface area (Å²) in [5.41, 5.74) is 2.85. The Morgan fingerprint density at radius 3 is 2.34 bits per heavy atom. The fourth-order valence-corrected chi connectivity index (χ4v) is 5.17. The Hall–Kier alpha value is -3.71. The molecule has 0 fully saturated rings. The van der Waals surface area contributed by atoms with Crippen LogP contribution in [0.15, 0.2) is 72.8 Å². The number of ether oxygens (including phenoxy) is 1. The second-order valence-electron chi connectivity index (χ2n) is 9.51. The first kappa shape index (κ1) is 27.3. The van der Waals surface area contributed by atoms with Crippen LogP contribution in [0.2, 0.25) is 0 Å². The van der Waals surface area contributed by atoms with E-state index < -0.39 is 12.0 Å². The predicted molar refractivity (Wildman–Crippen MR) is 147 cm³/mol. The quantitative estimate of drug-likeness (QED) is 0.357. The van der Waals surface area contributed by atoms with Gasteiger partial charge in [-0.1, -0.05) is 56.3 Å². The third-order valence-electron chi connectivity index (χ3n) is 7.29. The zero-order valence-corrected chi connectivity index (χ0v) is 22.3. The van der Waals surface area contributed by atoms with Crippen LogP contribution in [-0.4, -0.2) is 54.9 Å². The molecule has 0 unspecified atom stereocenters. The lowest BCUT2D eigenvalue weighted by molar-refractivity contribution is -0.124. The molecule has 3 aromatic rings. The summed E-state index contributed by atoms with van der Waals surface area (Å²) in [7, 11) is 1.60. The van der Waals surface area contributed by atoms with Gasteiger partial charge in [-0.2, -0.15) is 0 Å². The molecule has 0 bridgehead atoms. The van der Waals surface area contributed by atoms with Crippen molar-refractivity contribution in [2.45, 2.75) is 38.8 Å². The molecule has 0 aliphatic carbocycles. The predicted octanol–water partition coefficient (Wildman–Crippen LogP) is 5.16. The average molecular weight is 518 g/mol. The van der Waals surface area contributed by atoms with Crippen molar-refractivity contribution in [1.82, 2.24) is 15.1 Å². The van der Waals surface area contributed by atoms with Crippen molar-refractivity contribution in [3.8, 4) is 5.75 Å². The van der Waals surface area contributed by atoms with Crippen LogP contribution >= 0.6 is 0 Å². The molecule has 1 heterocycles. The van der Waals surface area contributed by atoms with Crippen LogP contribution in [0.3, 0.4) is 0 Å². The minimum Gasteiger partial charge on any atom is -0.497 e. The van der Waals surface area contributed by atoms with Crippen molar-refractivity contribution < 1.29 is 18.7 Å². The molecule has 200 valence electrons. The maximum Gasteiger partial charge on any atom is 0.255 e. The molecule has 0 saturated carbocycles. The molecule has 1 aliphatic heterocycles. The van der Waals surface area contributed by atoms with Gasteiger partial charge in [-0.15, -0.1) is 0 Å². The Kier molecular flexibility index (Phi) is 9.13. The first-order valence-electron chi connectivity index (χ1n) is 13.2. The van der Waals surface area contributed by atoms with Gasteiger partial charge in [-0.05, 0) is 73.1 Å². The first-order valence-corrected chi connectivity index (χ1v) is 13.2. The van der Waals surface area contributed by atoms with Gasteiger partial charge in [0.05, 0.1) is 19.1 Å². The molecule has 1 N–H and O–H groups in total. The number of methoxy groups -OCH3 is 1. The molecule has 3 aromatic carbocycles. The molecular formula is C31H36FN3O3. The minimum atomic E-state index is -0.605. The molecule has 7 heteroatoms. The molecule has 6 nitrogen and oxygen atoms in total. The highest BCUT2D eigenvalue weighted by atomic mass is 19.1. The van der Waals surface area contributed by atoms with Gasteiger partial charge < -0.3 is 19.9 Å². The number of carbonyl (C=O) groups excluding carboxylic acids is 2. The van der Waals surface area contributed by atoms with E-state index in [0.717, 1.165) is 42.7 Å². The van der Waals surface area contributed by atoms with Gasteiger partial charge in [0.15, 0.2) is 0 Å². The summed E-state index contributed by atoms with van der Waals surface area (Å²) in [5, 5.41) is 3.15. The van der Waals surface area contributed by atoms with Crippen molar-refractivity contribution in [1.29, 1.82) is 0 Å². The van der Waals surface area contributed by atoms with Crippen LogP contribution in [0.5, 0.6) is 5.75 Å². The zero-order valence-electron chi connectivity index (χ0n) is 22.3. The Balaban J connectivity index is 1.71. The topological polar surface area (TPSA) is 61.9 Å². The van der Waals surface area contributed by atoms with Crippen LogP contribution in [0.25, 0.3) is 0 Å². The number of hydrogen-bond acceptors (Lipinski definition) is 4. The summed E-state index contributed by atoms with van der Waals surface area (Å²) in [6, 6.07) is 20.4. The monoisotopic (exact) mass is 517 g/mol. The van der Waals surface area contributed by atoms with Crippen molar-refractivity contribution in [2.24, 2.45) is 0 Å². The maximum atomic E-state index is 13.9. The molecule has 38 heavy (non-hydrogen) atoms. The van der Waals surface area contributed by atoms with Gasteiger partial charge in [-0.3, -0.25) is 9.59 Å². The summed E-state index contributed by atoms with van der Waals surface area (Å²) in [6.45, 7) is 7.91. The molecule has 4 rings (SSSR count). The van der Waals surface area contributed by atoms with Gasteiger partial charge in [0, 0.05) is 18.7 Å². The lowest BCUT2D eigenvalue weighted by Gasteiger charge is -2.42. The molecule has 0 radical (unpaired) electrons. The van der Waals surface area contributed by atoms with E-state index in [-0.39, 0.29) is 24.2 Å². The third-order valence-corrected chi connectivity index (χ3v) is 7.29. The summed E-state index contributed by atoms with van der Waals surface area (Å²) in [6.07, 6.45) is 0.840. The number of fused-ring (bicyclic) bond motifs is 1. The number of hydrogen-bond donors (Lipinski definition) is 1. The second kappa shape index (κ2) is 12.7. The third kappa shape index (κ3) is 6.05. The second-order valence-corrected chi connectivity index (χ2v) is 9.51. The van der Waals surface area contributed by atoms with E-state index in [2.05, 4.69) is 24.1 Å². The summed E-state index contributed by atoms with van der Waals surface area (Å²) >= 11 is 0. The molecular weight excluding hydrogens is 481 g/mol. The average Bonchev–Trinajstić information content (AvgIpc) is 2.95. The Bertz CT molecular complexity index is 1230. The van der Waals surface area contributed by atoms with Gasteiger partial charge in [0.2, 0.25) is 5.91 Å². The van der Waals surface area contributed by atoms with E-state index in [1.165, 1.54) is 12.1 Å². The van der Waals surface area contributed by atoms with Crippen molar-refractivity contribution in [2.75, 3.05) is 33.3 Å². The lowest BCUT2D eigenvalue weighted by Crippen LogP contribution is -2.47. The number of rotatable bonds is 11. The number of halogens is 1. The van der Waals surface area contributed by atoms with Crippen LogP contribution in [0.1, 0.15) is 59.3 Å².